The topological polar surface area (TPSA) is 24.5 Å². The Morgan fingerprint density at radius 2 is 2.13 bits per heavy atom. The maximum absolute atomic E-state index is 5.42. The number of nitrogens with zero attached hydrogens (tertiary/aromatic N) is 1. The van der Waals surface area contributed by atoms with Crippen LogP contribution in [0.2, 0.25) is 0 Å². The van der Waals surface area contributed by atoms with Crippen LogP contribution in [0.4, 0.5) is 0 Å². The van der Waals surface area contributed by atoms with E-state index < -0.39 is 0 Å². The van der Waals surface area contributed by atoms with Crippen molar-refractivity contribution in [2.75, 3.05) is 26.2 Å². The van der Waals surface area contributed by atoms with E-state index in [0.717, 1.165) is 39.1 Å². The maximum atomic E-state index is 5.42. The number of rotatable bonds is 5. The summed E-state index contributed by atoms with van der Waals surface area (Å²) in [6.45, 7) is 8.01. The van der Waals surface area contributed by atoms with E-state index in [-0.39, 0.29) is 0 Å². The van der Waals surface area contributed by atoms with Crippen LogP contribution in [0.15, 0.2) is 0 Å². The van der Waals surface area contributed by atoms with Gasteiger partial charge in [0.15, 0.2) is 0 Å². The quantitative estimate of drug-likeness (QED) is 0.546. The number of terminal acetylenes is 1. The number of hydroxylamine groups is 1. The maximum Gasteiger partial charge on any atom is 0.0705 e. The zero-order valence-electron chi connectivity index (χ0n) is 9.83. The third-order valence-electron chi connectivity index (χ3n) is 2.57. The van der Waals surface area contributed by atoms with Gasteiger partial charge in [-0.2, -0.15) is 5.48 Å². The van der Waals surface area contributed by atoms with Crippen LogP contribution >= 0.6 is 0 Å². The van der Waals surface area contributed by atoms with Gasteiger partial charge in [0.25, 0.3) is 0 Å². The average Bonchev–Trinajstić information content (AvgIpc) is 2.20. The Morgan fingerprint density at radius 1 is 1.47 bits per heavy atom. The largest absolute Gasteiger partial charge is 0.301 e. The highest BCUT2D eigenvalue weighted by Gasteiger charge is 2.18. The Labute approximate surface area is 93.1 Å². The second-order valence-corrected chi connectivity index (χ2v) is 4.58. The monoisotopic (exact) mass is 210 g/mol. The summed E-state index contributed by atoms with van der Waals surface area (Å²) in [5, 5.41) is 0. The van der Waals surface area contributed by atoms with Gasteiger partial charge < -0.3 is 4.84 Å². The molecule has 0 radical (unpaired) electrons. The molecule has 1 rings (SSSR count). The standard InChI is InChI=1S/C12H22N2O/c1-4-7-14-8-5-12(6-9-14)13-15-10-11(2)3/h1,11-13H,5-10H2,2-3H3. The number of nitrogens with one attached hydrogen (secondary N) is 1. The van der Waals surface area contributed by atoms with Gasteiger partial charge in [-0.3, -0.25) is 4.90 Å². The highest BCUT2D eigenvalue weighted by molar-refractivity contribution is 4.90. The van der Waals surface area contributed by atoms with E-state index in [2.05, 4.69) is 30.1 Å². The van der Waals surface area contributed by atoms with E-state index in [1.54, 1.807) is 0 Å². The van der Waals surface area contributed by atoms with Crippen molar-refractivity contribution >= 4 is 0 Å². The van der Waals surface area contributed by atoms with Gasteiger partial charge in [-0.15, -0.1) is 6.42 Å². The molecule has 0 spiro atoms. The van der Waals surface area contributed by atoms with Crippen molar-refractivity contribution in [1.82, 2.24) is 10.4 Å². The molecule has 3 heteroatoms. The first-order valence-electron chi connectivity index (χ1n) is 5.75. The molecule has 1 saturated heterocycles. The van der Waals surface area contributed by atoms with Gasteiger partial charge >= 0.3 is 0 Å². The molecule has 0 aromatic rings. The van der Waals surface area contributed by atoms with E-state index >= 15 is 0 Å². The summed E-state index contributed by atoms with van der Waals surface area (Å²) in [7, 11) is 0. The molecule has 3 nitrogen and oxygen atoms in total. The van der Waals surface area contributed by atoms with Crippen molar-refractivity contribution in [2.24, 2.45) is 5.92 Å². The molecule has 0 aromatic carbocycles. The molecule has 0 aliphatic carbocycles. The predicted molar refractivity (Wildman–Crippen MR) is 62.2 cm³/mol. The van der Waals surface area contributed by atoms with Gasteiger partial charge in [-0.05, 0) is 18.8 Å². The molecule has 1 heterocycles. The second kappa shape index (κ2) is 6.84. The fraction of sp³-hybridized carbons (Fsp3) is 0.833. The number of hydrogen-bond acceptors (Lipinski definition) is 3. The van der Waals surface area contributed by atoms with Gasteiger partial charge in [0.2, 0.25) is 0 Å². The van der Waals surface area contributed by atoms with Crippen molar-refractivity contribution in [2.45, 2.75) is 32.7 Å². The van der Waals surface area contributed by atoms with Gasteiger partial charge in [-0.1, -0.05) is 19.8 Å². The summed E-state index contributed by atoms with van der Waals surface area (Å²) in [5.74, 6) is 3.27. The third kappa shape index (κ3) is 5.17. The van der Waals surface area contributed by atoms with Crippen LogP contribution in [0.25, 0.3) is 0 Å². The Balaban J connectivity index is 2.07. The van der Waals surface area contributed by atoms with E-state index in [1.807, 2.05) is 0 Å². The van der Waals surface area contributed by atoms with Crippen LogP contribution in [-0.4, -0.2) is 37.2 Å². The fourth-order valence-corrected chi connectivity index (χ4v) is 1.67. The van der Waals surface area contributed by atoms with Crippen LogP contribution in [-0.2, 0) is 4.84 Å². The molecule has 0 unspecified atom stereocenters. The van der Waals surface area contributed by atoms with E-state index in [0.29, 0.717) is 12.0 Å². The minimum absolute atomic E-state index is 0.498. The zero-order chi connectivity index (χ0) is 11.1. The van der Waals surface area contributed by atoms with Gasteiger partial charge in [-0.25, -0.2) is 0 Å². The van der Waals surface area contributed by atoms with Crippen LogP contribution < -0.4 is 5.48 Å². The molecule has 86 valence electrons. The highest BCUT2D eigenvalue weighted by Crippen LogP contribution is 2.09. The summed E-state index contributed by atoms with van der Waals surface area (Å²) < 4.78 is 0. The van der Waals surface area contributed by atoms with Crippen molar-refractivity contribution in [3.63, 3.8) is 0 Å². The molecule has 0 amide bonds. The zero-order valence-corrected chi connectivity index (χ0v) is 9.83. The lowest BCUT2D eigenvalue weighted by atomic mass is 10.1. The van der Waals surface area contributed by atoms with Crippen molar-refractivity contribution in [1.29, 1.82) is 0 Å². The molecule has 1 aliphatic rings. The average molecular weight is 210 g/mol. The lowest BCUT2D eigenvalue weighted by Crippen LogP contribution is -2.42. The number of piperidine rings is 1. The first kappa shape index (κ1) is 12.5. The molecular formula is C12H22N2O. The molecule has 1 N–H and O–H groups in total. The fourth-order valence-electron chi connectivity index (χ4n) is 1.67. The summed E-state index contributed by atoms with van der Waals surface area (Å²) in [6.07, 6.45) is 7.53. The van der Waals surface area contributed by atoms with Gasteiger partial charge in [0.05, 0.1) is 13.2 Å². The molecule has 1 fully saturated rings. The Morgan fingerprint density at radius 3 is 2.67 bits per heavy atom. The summed E-state index contributed by atoms with van der Waals surface area (Å²) in [4.78, 5) is 7.73. The summed E-state index contributed by atoms with van der Waals surface area (Å²) >= 11 is 0. The Hall–Kier alpha value is -0.560. The molecule has 1 aliphatic heterocycles. The van der Waals surface area contributed by atoms with Crippen LogP contribution in [0, 0.1) is 18.3 Å². The molecule has 0 saturated carbocycles. The first-order valence-corrected chi connectivity index (χ1v) is 5.75. The molecule has 15 heavy (non-hydrogen) atoms. The lowest BCUT2D eigenvalue weighted by molar-refractivity contribution is -0.0126. The molecular weight excluding hydrogens is 188 g/mol. The summed E-state index contributed by atoms with van der Waals surface area (Å²) in [6, 6.07) is 0.498. The Kier molecular flexibility index (Phi) is 5.70. The second-order valence-electron chi connectivity index (χ2n) is 4.58. The van der Waals surface area contributed by atoms with Crippen LogP contribution in [0.3, 0.4) is 0 Å². The number of likely N-dealkylation sites (tertiary alicyclic amines) is 1. The minimum atomic E-state index is 0.498. The van der Waals surface area contributed by atoms with E-state index in [9.17, 15) is 0 Å². The highest BCUT2D eigenvalue weighted by atomic mass is 16.6. The van der Waals surface area contributed by atoms with Crippen LogP contribution in [0.5, 0.6) is 0 Å². The van der Waals surface area contributed by atoms with E-state index in [1.165, 1.54) is 0 Å². The van der Waals surface area contributed by atoms with Gasteiger partial charge in [0.1, 0.15) is 0 Å². The lowest BCUT2D eigenvalue weighted by Gasteiger charge is -2.30. The van der Waals surface area contributed by atoms with E-state index in [4.69, 9.17) is 11.3 Å². The Bertz CT molecular complexity index is 202. The summed E-state index contributed by atoms with van der Waals surface area (Å²) in [5.41, 5.74) is 3.14. The predicted octanol–water partition coefficient (Wildman–Crippen LogP) is 1.26. The smallest absolute Gasteiger partial charge is 0.0705 e. The van der Waals surface area contributed by atoms with Crippen molar-refractivity contribution < 1.29 is 4.84 Å². The SMILES string of the molecule is C#CCN1CCC(NOCC(C)C)CC1. The van der Waals surface area contributed by atoms with Gasteiger partial charge in [0, 0.05) is 19.1 Å². The first-order chi connectivity index (χ1) is 7.22. The molecule has 0 bridgehead atoms. The molecule has 0 atom stereocenters. The minimum Gasteiger partial charge on any atom is -0.301 e. The number of hydrogen-bond donors (Lipinski definition) is 1. The van der Waals surface area contributed by atoms with Crippen LogP contribution in [0.1, 0.15) is 26.7 Å². The third-order valence-corrected chi connectivity index (χ3v) is 2.57. The van der Waals surface area contributed by atoms with Crippen molar-refractivity contribution in [3.05, 3.63) is 0 Å². The normalized spacial score (nSPS) is 19.3. The molecule has 0 aromatic heterocycles. The van der Waals surface area contributed by atoms with Crippen molar-refractivity contribution in [3.8, 4) is 12.3 Å².